The van der Waals surface area contributed by atoms with Gasteiger partial charge in [-0.25, -0.2) is 0 Å². The van der Waals surface area contributed by atoms with Crippen LogP contribution in [-0.2, 0) is 17.8 Å². The summed E-state index contributed by atoms with van der Waals surface area (Å²) in [7, 11) is 0. The van der Waals surface area contributed by atoms with Gasteiger partial charge in [-0.1, -0.05) is 6.07 Å². The van der Waals surface area contributed by atoms with E-state index in [1.165, 1.54) is 6.42 Å². The number of likely N-dealkylation sites (tertiary alicyclic amines) is 2. The second kappa shape index (κ2) is 7.76. The molecule has 0 saturated carbocycles. The molecule has 144 valence electrons. The van der Waals surface area contributed by atoms with Crippen LogP contribution in [0.3, 0.4) is 0 Å². The standard InChI is InChI=1S/C20H27N5O2/c1-16-22-23-18(27-16)13-24-11-4-8-20(14-24)9-6-19(26)25(15-20)12-7-17-5-2-3-10-21-17/h2-3,5,10H,4,6-9,11-15H2,1H3/t20-/m1/s1. The topological polar surface area (TPSA) is 75.4 Å². The molecule has 0 radical (unpaired) electrons. The molecule has 2 aliphatic heterocycles. The van der Waals surface area contributed by atoms with Gasteiger partial charge in [-0.05, 0) is 37.9 Å². The van der Waals surface area contributed by atoms with E-state index in [1.807, 2.05) is 31.3 Å². The van der Waals surface area contributed by atoms with Gasteiger partial charge in [0.25, 0.3) is 0 Å². The van der Waals surface area contributed by atoms with Gasteiger partial charge >= 0.3 is 0 Å². The number of amides is 1. The molecule has 27 heavy (non-hydrogen) atoms. The molecular formula is C20H27N5O2. The van der Waals surface area contributed by atoms with Crippen LogP contribution in [0, 0.1) is 12.3 Å². The zero-order valence-electron chi connectivity index (χ0n) is 15.9. The fourth-order valence-electron chi connectivity index (χ4n) is 4.47. The van der Waals surface area contributed by atoms with Crippen molar-refractivity contribution in [2.75, 3.05) is 26.2 Å². The predicted octanol–water partition coefficient (Wildman–Crippen LogP) is 2.22. The highest BCUT2D eigenvalue weighted by atomic mass is 16.4. The zero-order valence-corrected chi connectivity index (χ0v) is 15.9. The highest BCUT2D eigenvalue weighted by Crippen LogP contribution is 2.39. The van der Waals surface area contributed by atoms with Gasteiger partial charge in [0, 0.05) is 56.7 Å². The molecule has 2 aromatic heterocycles. The first-order valence-corrected chi connectivity index (χ1v) is 9.81. The molecule has 2 aliphatic rings. The fraction of sp³-hybridized carbons (Fsp3) is 0.600. The third kappa shape index (κ3) is 4.35. The Morgan fingerprint density at radius 2 is 2.15 bits per heavy atom. The van der Waals surface area contributed by atoms with Crippen LogP contribution in [0.1, 0.15) is 43.2 Å². The summed E-state index contributed by atoms with van der Waals surface area (Å²) in [4.78, 5) is 21.3. The van der Waals surface area contributed by atoms with Crippen LogP contribution >= 0.6 is 0 Å². The van der Waals surface area contributed by atoms with Gasteiger partial charge in [0.1, 0.15) is 0 Å². The number of hydrogen-bond acceptors (Lipinski definition) is 6. The summed E-state index contributed by atoms with van der Waals surface area (Å²) in [6.45, 7) is 6.15. The second-order valence-corrected chi connectivity index (χ2v) is 7.92. The Morgan fingerprint density at radius 3 is 2.93 bits per heavy atom. The molecule has 0 aliphatic carbocycles. The normalized spacial score (nSPS) is 23.9. The lowest BCUT2D eigenvalue weighted by Crippen LogP contribution is -2.54. The lowest BCUT2D eigenvalue weighted by molar-refractivity contribution is -0.139. The molecule has 4 heterocycles. The number of hydrogen-bond donors (Lipinski definition) is 0. The Hall–Kier alpha value is -2.28. The lowest BCUT2D eigenvalue weighted by atomic mass is 9.73. The van der Waals surface area contributed by atoms with E-state index in [-0.39, 0.29) is 11.3 Å². The molecule has 4 rings (SSSR count). The first-order valence-electron chi connectivity index (χ1n) is 9.81. The molecule has 1 atom stereocenters. The maximum atomic E-state index is 12.5. The number of aromatic nitrogens is 3. The molecule has 2 saturated heterocycles. The van der Waals surface area contributed by atoms with E-state index in [9.17, 15) is 4.79 Å². The highest BCUT2D eigenvalue weighted by Gasteiger charge is 2.41. The Bertz CT molecular complexity index is 778. The van der Waals surface area contributed by atoms with Crippen LogP contribution in [0.5, 0.6) is 0 Å². The maximum Gasteiger partial charge on any atom is 0.230 e. The summed E-state index contributed by atoms with van der Waals surface area (Å²) in [5.41, 5.74) is 1.23. The van der Waals surface area contributed by atoms with Crippen molar-refractivity contribution in [3.05, 3.63) is 41.9 Å². The van der Waals surface area contributed by atoms with E-state index in [1.54, 1.807) is 0 Å². The zero-order chi connectivity index (χ0) is 18.7. The van der Waals surface area contributed by atoms with Crippen molar-refractivity contribution < 1.29 is 9.21 Å². The number of carbonyl (C=O) groups excluding carboxylic acids is 1. The molecule has 0 unspecified atom stereocenters. The molecule has 1 spiro atoms. The summed E-state index contributed by atoms with van der Waals surface area (Å²) in [5.74, 6) is 1.57. The van der Waals surface area contributed by atoms with Crippen molar-refractivity contribution in [2.24, 2.45) is 5.41 Å². The minimum Gasteiger partial charge on any atom is -0.424 e. The van der Waals surface area contributed by atoms with Crippen LogP contribution in [-0.4, -0.2) is 57.1 Å². The minimum atomic E-state index is 0.186. The molecule has 0 aromatic carbocycles. The van der Waals surface area contributed by atoms with Crippen molar-refractivity contribution in [3.63, 3.8) is 0 Å². The molecule has 1 amide bonds. The van der Waals surface area contributed by atoms with Gasteiger partial charge in [0.2, 0.25) is 17.7 Å². The maximum absolute atomic E-state index is 12.5. The first kappa shape index (κ1) is 18.1. The third-order valence-electron chi connectivity index (χ3n) is 5.78. The van der Waals surface area contributed by atoms with Gasteiger partial charge in [0.05, 0.1) is 6.54 Å². The van der Waals surface area contributed by atoms with Crippen molar-refractivity contribution in [2.45, 2.75) is 45.6 Å². The van der Waals surface area contributed by atoms with E-state index in [4.69, 9.17) is 4.42 Å². The molecule has 7 heteroatoms. The van der Waals surface area contributed by atoms with Crippen molar-refractivity contribution in [1.82, 2.24) is 25.0 Å². The van der Waals surface area contributed by atoms with Crippen molar-refractivity contribution in [1.29, 1.82) is 0 Å². The van der Waals surface area contributed by atoms with Gasteiger partial charge in [-0.2, -0.15) is 0 Å². The smallest absolute Gasteiger partial charge is 0.230 e. The number of nitrogens with zero attached hydrogens (tertiary/aromatic N) is 5. The van der Waals surface area contributed by atoms with Gasteiger partial charge < -0.3 is 9.32 Å². The molecular weight excluding hydrogens is 342 g/mol. The van der Waals surface area contributed by atoms with E-state index in [2.05, 4.69) is 25.0 Å². The molecule has 2 aromatic rings. The van der Waals surface area contributed by atoms with Gasteiger partial charge in [-0.15, -0.1) is 10.2 Å². The van der Waals surface area contributed by atoms with E-state index < -0.39 is 0 Å². The predicted molar refractivity (Wildman–Crippen MR) is 99.7 cm³/mol. The third-order valence-corrected chi connectivity index (χ3v) is 5.78. The number of rotatable bonds is 5. The Balaban J connectivity index is 1.38. The fourth-order valence-corrected chi connectivity index (χ4v) is 4.47. The van der Waals surface area contributed by atoms with E-state index >= 15 is 0 Å². The largest absolute Gasteiger partial charge is 0.424 e. The van der Waals surface area contributed by atoms with Crippen LogP contribution in [0.2, 0.25) is 0 Å². The average molecular weight is 369 g/mol. The van der Waals surface area contributed by atoms with Gasteiger partial charge in [0.15, 0.2) is 0 Å². The summed E-state index contributed by atoms with van der Waals surface area (Å²) in [6, 6.07) is 5.95. The second-order valence-electron chi connectivity index (χ2n) is 7.92. The quantitative estimate of drug-likeness (QED) is 0.804. The highest BCUT2D eigenvalue weighted by molar-refractivity contribution is 5.77. The average Bonchev–Trinajstić information content (AvgIpc) is 3.08. The van der Waals surface area contributed by atoms with Crippen LogP contribution < -0.4 is 0 Å². The van der Waals surface area contributed by atoms with Crippen LogP contribution in [0.4, 0.5) is 0 Å². The van der Waals surface area contributed by atoms with Crippen LogP contribution in [0.25, 0.3) is 0 Å². The van der Waals surface area contributed by atoms with Gasteiger partial charge in [-0.3, -0.25) is 14.7 Å². The lowest BCUT2D eigenvalue weighted by Gasteiger charge is -2.48. The Kier molecular flexibility index (Phi) is 5.20. The Morgan fingerprint density at radius 1 is 1.22 bits per heavy atom. The van der Waals surface area contributed by atoms with Crippen molar-refractivity contribution in [3.8, 4) is 0 Å². The van der Waals surface area contributed by atoms with E-state index in [0.29, 0.717) is 24.7 Å². The summed E-state index contributed by atoms with van der Waals surface area (Å²) in [5, 5.41) is 8.06. The SMILES string of the molecule is Cc1nnc(CN2CCC[C@@]3(CCC(=O)N(CCc4ccccn4)C3)C2)o1. The number of carbonyl (C=O) groups is 1. The summed E-state index contributed by atoms with van der Waals surface area (Å²) in [6.07, 6.45) is 6.58. The minimum absolute atomic E-state index is 0.186. The molecule has 7 nitrogen and oxygen atoms in total. The van der Waals surface area contributed by atoms with Crippen molar-refractivity contribution >= 4 is 5.91 Å². The monoisotopic (exact) mass is 369 g/mol. The molecule has 2 fully saturated rings. The van der Waals surface area contributed by atoms with Crippen LogP contribution in [0.15, 0.2) is 28.8 Å². The summed E-state index contributed by atoms with van der Waals surface area (Å²) < 4.78 is 5.55. The number of aryl methyl sites for hydroxylation is 1. The number of piperidine rings is 2. The first-order chi connectivity index (χ1) is 13.1. The number of pyridine rings is 1. The summed E-state index contributed by atoms with van der Waals surface area (Å²) >= 11 is 0. The molecule has 0 bridgehead atoms. The van der Waals surface area contributed by atoms with E-state index in [0.717, 1.165) is 51.1 Å². The Labute approximate surface area is 159 Å². The molecule has 0 N–H and O–H groups in total.